The number of morpholine rings is 1. The summed E-state index contributed by atoms with van der Waals surface area (Å²) in [5.41, 5.74) is 4.74. The minimum Gasteiger partial charge on any atom is -0.493 e. The summed E-state index contributed by atoms with van der Waals surface area (Å²) in [6.07, 6.45) is 0.471. The molecule has 0 spiro atoms. The molecule has 0 N–H and O–H groups in total. The number of amides is 2. The van der Waals surface area contributed by atoms with Gasteiger partial charge in [-0.1, -0.05) is 30.3 Å². The molecule has 0 bridgehead atoms. The van der Waals surface area contributed by atoms with E-state index < -0.39 is 17.8 Å². The summed E-state index contributed by atoms with van der Waals surface area (Å²) in [5, 5.41) is 6.29. The van der Waals surface area contributed by atoms with Crippen LogP contribution >= 0.6 is 0 Å². The predicted octanol–water partition coefficient (Wildman–Crippen LogP) is 4.61. The Morgan fingerprint density at radius 2 is 1.73 bits per heavy atom. The van der Waals surface area contributed by atoms with Gasteiger partial charge in [-0.2, -0.15) is 5.10 Å². The van der Waals surface area contributed by atoms with E-state index in [2.05, 4.69) is 17.9 Å². The van der Waals surface area contributed by atoms with Crippen molar-refractivity contribution in [3.8, 4) is 11.5 Å². The van der Waals surface area contributed by atoms with E-state index >= 15 is 0 Å². The summed E-state index contributed by atoms with van der Waals surface area (Å²) in [6, 6.07) is 17.1. The summed E-state index contributed by atoms with van der Waals surface area (Å²) in [7, 11) is 3.14. The summed E-state index contributed by atoms with van der Waals surface area (Å²) in [4.78, 5) is 31.4. The average Bonchev–Trinajstić information content (AvgIpc) is 3.50. The van der Waals surface area contributed by atoms with E-state index in [-0.39, 0.29) is 24.6 Å². The molecule has 44 heavy (non-hydrogen) atoms. The molecular weight excluding hydrogens is 563 g/mol. The average molecular weight is 603 g/mol. The smallest absolute Gasteiger partial charge is 0.262 e. The van der Waals surface area contributed by atoms with Gasteiger partial charge in [0.25, 0.3) is 11.8 Å². The van der Waals surface area contributed by atoms with Crippen molar-refractivity contribution in [3.63, 3.8) is 0 Å². The molecule has 0 radical (unpaired) electrons. The Bertz CT molecular complexity index is 1540. The van der Waals surface area contributed by atoms with Gasteiger partial charge in [0.1, 0.15) is 12.4 Å². The molecular formula is C34H39FN4O5. The standard InChI is InChI=1S/C34H39FN4O5/c1-23-9-10-25(19-24(23)2)29-21-30(26-11-12-31(42-3)32(20-26)43-4)39(36-29)33(40)22-38(14-13-37-15-17-44-18-16-37)34(41)27-7-5-6-8-28(27)35/h5-12,19-20,30H,13-18,21-22H2,1-4H3. The molecule has 2 aliphatic heterocycles. The van der Waals surface area contributed by atoms with Crippen LogP contribution in [0.3, 0.4) is 0 Å². The van der Waals surface area contributed by atoms with Gasteiger partial charge in [-0.05, 0) is 66.4 Å². The third-order valence-corrected chi connectivity index (χ3v) is 8.31. The Morgan fingerprint density at radius 3 is 2.43 bits per heavy atom. The van der Waals surface area contributed by atoms with Gasteiger partial charge in [-0.25, -0.2) is 9.40 Å². The highest BCUT2D eigenvalue weighted by atomic mass is 19.1. The van der Waals surface area contributed by atoms with Crippen LogP contribution in [0.1, 0.15) is 45.1 Å². The third-order valence-electron chi connectivity index (χ3n) is 8.31. The van der Waals surface area contributed by atoms with Gasteiger partial charge in [-0.15, -0.1) is 0 Å². The molecule has 2 amide bonds. The number of benzene rings is 3. The maximum Gasteiger partial charge on any atom is 0.262 e. The van der Waals surface area contributed by atoms with E-state index in [1.165, 1.54) is 33.7 Å². The van der Waals surface area contributed by atoms with E-state index in [1.54, 1.807) is 26.4 Å². The molecule has 1 atom stereocenters. The van der Waals surface area contributed by atoms with Crippen molar-refractivity contribution in [1.82, 2.24) is 14.8 Å². The lowest BCUT2D eigenvalue weighted by Gasteiger charge is -2.31. The van der Waals surface area contributed by atoms with Crippen LogP contribution in [0.2, 0.25) is 0 Å². The fourth-order valence-corrected chi connectivity index (χ4v) is 5.54. The molecule has 2 aliphatic rings. The number of carbonyl (C=O) groups is 2. The highest BCUT2D eigenvalue weighted by Gasteiger charge is 2.35. The summed E-state index contributed by atoms with van der Waals surface area (Å²) in [6.45, 7) is 7.30. The predicted molar refractivity (Wildman–Crippen MR) is 166 cm³/mol. The van der Waals surface area contributed by atoms with Crippen molar-refractivity contribution < 1.29 is 28.2 Å². The fraction of sp³-hybridized carbons (Fsp3) is 0.382. The molecule has 232 valence electrons. The SMILES string of the molecule is COc1ccc(C2CC(c3ccc(C)c(C)c3)=NN2C(=O)CN(CCN2CCOCC2)C(=O)c2ccccc2F)cc1OC. The number of carbonyl (C=O) groups excluding carboxylic acids is 2. The maximum absolute atomic E-state index is 14.7. The Morgan fingerprint density at radius 1 is 0.977 bits per heavy atom. The monoisotopic (exact) mass is 602 g/mol. The second-order valence-electron chi connectivity index (χ2n) is 11.1. The minimum atomic E-state index is -0.624. The van der Waals surface area contributed by atoms with E-state index in [1.807, 2.05) is 31.2 Å². The normalized spacial score (nSPS) is 16.9. The number of ether oxygens (including phenoxy) is 3. The second-order valence-corrected chi connectivity index (χ2v) is 11.1. The van der Waals surface area contributed by atoms with Gasteiger partial charge < -0.3 is 19.1 Å². The van der Waals surface area contributed by atoms with Crippen LogP contribution in [-0.2, 0) is 9.53 Å². The number of aryl methyl sites for hydroxylation is 2. The summed E-state index contributed by atoms with van der Waals surface area (Å²) < 4.78 is 31.2. The lowest BCUT2D eigenvalue weighted by molar-refractivity contribution is -0.133. The van der Waals surface area contributed by atoms with Gasteiger partial charge in [0, 0.05) is 32.6 Å². The Labute approximate surface area is 257 Å². The van der Waals surface area contributed by atoms with E-state index in [9.17, 15) is 14.0 Å². The lowest BCUT2D eigenvalue weighted by Crippen LogP contribution is -2.46. The van der Waals surface area contributed by atoms with Crippen molar-refractivity contribution in [2.24, 2.45) is 5.10 Å². The summed E-state index contributed by atoms with van der Waals surface area (Å²) >= 11 is 0. The number of nitrogens with zero attached hydrogens (tertiary/aromatic N) is 4. The third kappa shape index (κ3) is 6.92. The quantitative estimate of drug-likeness (QED) is 0.337. The van der Waals surface area contributed by atoms with E-state index in [0.717, 1.165) is 35.5 Å². The molecule has 5 rings (SSSR count). The zero-order chi connectivity index (χ0) is 31.2. The Hall–Kier alpha value is -4.28. The number of methoxy groups -OCH3 is 2. The molecule has 0 saturated carbocycles. The van der Waals surface area contributed by atoms with Crippen molar-refractivity contribution in [2.45, 2.75) is 26.3 Å². The van der Waals surface area contributed by atoms with Crippen LogP contribution in [0.15, 0.2) is 65.8 Å². The van der Waals surface area contributed by atoms with E-state index in [4.69, 9.17) is 19.3 Å². The number of hydrazone groups is 1. The molecule has 1 unspecified atom stereocenters. The molecule has 1 saturated heterocycles. The summed E-state index contributed by atoms with van der Waals surface area (Å²) in [5.74, 6) is -0.410. The largest absolute Gasteiger partial charge is 0.493 e. The zero-order valence-electron chi connectivity index (χ0n) is 25.7. The van der Waals surface area contributed by atoms with Crippen LogP contribution in [0, 0.1) is 19.7 Å². The molecule has 10 heteroatoms. The number of halogens is 1. The van der Waals surface area contributed by atoms with Crippen LogP contribution in [0.4, 0.5) is 4.39 Å². The highest BCUT2D eigenvalue weighted by Crippen LogP contribution is 2.37. The van der Waals surface area contributed by atoms with Crippen molar-refractivity contribution in [1.29, 1.82) is 0 Å². The molecule has 3 aromatic rings. The molecule has 1 fully saturated rings. The van der Waals surface area contributed by atoms with Gasteiger partial charge in [0.15, 0.2) is 11.5 Å². The van der Waals surface area contributed by atoms with Gasteiger partial charge in [0.05, 0.1) is 44.8 Å². The maximum atomic E-state index is 14.7. The fourth-order valence-electron chi connectivity index (χ4n) is 5.54. The number of hydrogen-bond donors (Lipinski definition) is 0. The molecule has 9 nitrogen and oxygen atoms in total. The first-order valence-corrected chi connectivity index (χ1v) is 14.8. The van der Waals surface area contributed by atoms with Crippen LogP contribution in [0.25, 0.3) is 0 Å². The molecule has 3 aromatic carbocycles. The van der Waals surface area contributed by atoms with Gasteiger partial charge >= 0.3 is 0 Å². The number of rotatable bonds is 10. The van der Waals surface area contributed by atoms with E-state index in [0.29, 0.717) is 37.7 Å². The topological polar surface area (TPSA) is 83.9 Å². The Kier molecular flexibility index (Phi) is 9.92. The first kappa shape index (κ1) is 31.2. The number of hydrogen-bond acceptors (Lipinski definition) is 7. The Balaban J connectivity index is 1.46. The minimum absolute atomic E-state index is 0.0699. The molecule has 0 aromatic heterocycles. The lowest BCUT2D eigenvalue weighted by atomic mass is 9.96. The van der Waals surface area contributed by atoms with Crippen molar-refractivity contribution in [3.05, 3.63) is 94.3 Å². The zero-order valence-corrected chi connectivity index (χ0v) is 25.7. The first-order chi connectivity index (χ1) is 21.3. The van der Waals surface area contributed by atoms with Crippen LogP contribution in [-0.4, -0.2) is 92.5 Å². The van der Waals surface area contributed by atoms with Gasteiger partial charge in [0.2, 0.25) is 0 Å². The van der Waals surface area contributed by atoms with Crippen molar-refractivity contribution in [2.75, 3.05) is 60.2 Å². The molecule has 0 aliphatic carbocycles. The second kappa shape index (κ2) is 14.0. The van der Waals surface area contributed by atoms with Crippen LogP contribution in [0.5, 0.6) is 11.5 Å². The van der Waals surface area contributed by atoms with Crippen LogP contribution < -0.4 is 9.47 Å². The molecule has 2 heterocycles. The van der Waals surface area contributed by atoms with Gasteiger partial charge in [-0.3, -0.25) is 14.5 Å². The highest BCUT2D eigenvalue weighted by molar-refractivity contribution is 6.04. The van der Waals surface area contributed by atoms with Crippen molar-refractivity contribution >= 4 is 17.5 Å². The first-order valence-electron chi connectivity index (χ1n) is 14.8.